The van der Waals surface area contributed by atoms with Gasteiger partial charge in [-0.25, -0.2) is 14.3 Å². The second-order valence-electron chi connectivity index (χ2n) is 3.50. The quantitative estimate of drug-likeness (QED) is 0.733. The molecular weight excluding hydrogens is 226 g/mol. The number of carbonyl (C=O) groups is 1. The molecule has 0 spiro atoms. The number of rotatable bonds is 2. The summed E-state index contributed by atoms with van der Waals surface area (Å²) < 4.78 is 1.83. The first-order valence-corrected chi connectivity index (χ1v) is 4.78. The van der Waals surface area contributed by atoms with Crippen molar-refractivity contribution in [3.05, 3.63) is 39.2 Å². The maximum Gasteiger partial charge on any atom is 0.332 e. The number of fused-ring (bicyclic) bond motifs is 1. The van der Waals surface area contributed by atoms with Crippen LogP contribution in [-0.2, 0) is 18.4 Å². The summed E-state index contributed by atoms with van der Waals surface area (Å²) in [5.41, 5.74) is -1.09. The van der Waals surface area contributed by atoms with Crippen LogP contribution in [0.5, 0.6) is 0 Å². The van der Waals surface area contributed by atoms with Gasteiger partial charge in [0.05, 0.1) is 5.39 Å². The third-order valence-corrected chi connectivity index (χ3v) is 2.39. The van der Waals surface area contributed by atoms with Crippen LogP contribution in [0.4, 0.5) is 0 Å². The third kappa shape index (κ3) is 1.71. The third-order valence-electron chi connectivity index (χ3n) is 2.39. The SMILES string of the molecule is Cn1c(=O)n(CC(=O)O)c(=O)c2cccnc21. The van der Waals surface area contributed by atoms with Crippen LogP contribution in [0.3, 0.4) is 0 Å². The number of aliphatic carboxylic acids is 1. The average Bonchev–Trinajstić information content (AvgIpc) is 2.31. The predicted octanol–water partition coefficient (Wildman–Crippen LogP) is -0.820. The van der Waals surface area contributed by atoms with Gasteiger partial charge < -0.3 is 5.11 Å². The largest absolute Gasteiger partial charge is 0.480 e. The Labute approximate surface area is 94.6 Å². The van der Waals surface area contributed by atoms with Crippen LogP contribution in [0.25, 0.3) is 11.0 Å². The number of hydrogen-bond donors (Lipinski definition) is 1. The lowest BCUT2D eigenvalue weighted by Gasteiger charge is -2.07. The van der Waals surface area contributed by atoms with E-state index in [1.807, 2.05) is 0 Å². The van der Waals surface area contributed by atoms with Crippen LogP contribution in [0.2, 0.25) is 0 Å². The van der Waals surface area contributed by atoms with E-state index in [0.29, 0.717) is 4.57 Å². The molecule has 1 N–H and O–H groups in total. The molecule has 0 aliphatic heterocycles. The Hall–Kier alpha value is -2.44. The zero-order valence-electron chi connectivity index (χ0n) is 8.95. The highest BCUT2D eigenvalue weighted by atomic mass is 16.4. The highest BCUT2D eigenvalue weighted by Gasteiger charge is 2.13. The van der Waals surface area contributed by atoms with Gasteiger partial charge in [-0.2, -0.15) is 0 Å². The van der Waals surface area contributed by atoms with Gasteiger partial charge in [-0.3, -0.25) is 14.2 Å². The van der Waals surface area contributed by atoms with Crippen LogP contribution < -0.4 is 11.2 Å². The molecule has 17 heavy (non-hydrogen) atoms. The second kappa shape index (κ2) is 3.85. The Morgan fingerprint density at radius 2 is 2.18 bits per heavy atom. The molecule has 0 saturated heterocycles. The Kier molecular flexibility index (Phi) is 2.51. The highest BCUT2D eigenvalue weighted by Crippen LogP contribution is 2.01. The molecule has 2 aromatic rings. The number of pyridine rings is 1. The summed E-state index contributed by atoms with van der Waals surface area (Å²) in [4.78, 5) is 38.2. The van der Waals surface area contributed by atoms with E-state index in [0.717, 1.165) is 4.57 Å². The molecular formula is C10H9N3O4. The van der Waals surface area contributed by atoms with Gasteiger partial charge in [0, 0.05) is 13.2 Å². The van der Waals surface area contributed by atoms with Crippen molar-refractivity contribution in [2.24, 2.45) is 7.05 Å². The lowest BCUT2D eigenvalue weighted by Crippen LogP contribution is -2.41. The molecule has 0 bridgehead atoms. The number of carboxylic acids is 1. The van der Waals surface area contributed by atoms with Crippen molar-refractivity contribution in [3.63, 3.8) is 0 Å². The van der Waals surface area contributed by atoms with Gasteiger partial charge in [-0.1, -0.05) is 0 Å². The van der Waals surface area contributed by atoms with E-state index in [9.17, 15) is 14.4 Å². The van der Waals surface area contributed by atoms with Crippen LogP contribution in [0.1, 0.15) is 0 Å². The minimum absolute atomic E-state index is 0.218. The molecule has 2 heterocycles. The Morgan fingerprint density at radius 3 is 2.82 bits per heavy atom. The Bertz CT molecular complexity index is 714. The first-order chi connectivity index (χ1) is 8.02. The van der Waals surface area contributed by atoms with E-state index in [1.54, 1.807) is 6.07 Å². The van der Waals surface area contributed by atoms with E-state index in [-0.39, 0.29) is 11.0 Å². The molecule has 7 heteroatoms. The zero-order chi connectivity index (χ0) is 12.6. The zero-order valence-corrected chi connectivity index (χ0v) is 8.95. The molecule has 2 aromatic heterocycles. The van der Waals surface area contributed by atoms with Crippen LogP contribution in [0.15, 0.2) is 27.9 Å². The van der Waals surface area contributed by atoms with Crippen molar-refractivity contribution < 1.29 is 9.90 Å². The molecule has 0 atom stereocenters. The fourth-order valence-electron chi connectivity index (χ4n) is 1.61. The molecule has 0 amide bonds. The lowest BCUT2D eigenvalue weighted by molar-refractivity contribution is -0.137. The molecule has 7 nitrogen and oxygen atoms in total. The maximum atomic E-state index is 11.9. The van der Waals surface area contributed by atoms with Crippen molar-refractivity contribution in [3.8, 4) is 0 Å². The number of hydrogen-bond acceptors (Lipinski definition) is 4. The lowest BCUT2D eigenvalue weighted by atomic mass is 10.3. The summed E-state index contributed by atoms with van der Waals surface area (Å²) in [5, 5.41) is 8.87. The van der Waals surface area contributed by atoms with E-state index in [2.05, 4.69) is 4.98 Å². The number of nitrogens with zero attached hydrogens (tertiary/aromatic N) is 3. The molecule has 0 aliphatic rings. The van der Waals surface area contributed by atoms with Crippen LogP contribution >= 0.6 is 0 Å². The number of aryl methyl sites for hydroxylation is 1. The van der Waals surface area contributed by atoms with Crippen LogP contribution in [-0.4, -0.2) is 25.2 Å². The van der Waals surface area contributed by atoms with Crippen molar-refractivity contribution in [2.45, 2.75) is 6.54 Å². The molecule has 0 saturated carbocycles. The number of aromatic nitrogens is 3. The predicted molar refractivity (Wildman–Crippen MR) is 58.9 cm³/mol. The van der Waals surface area contributed by atoms with Gasteiger partial charge in [-0.05, 0) is 12.1 Å². The smallest absolute Gasteiger partial charge is 0.332 e. The minimum atomic E-state index is -1.24. The average molecular weight is 235 g/mol. The van der Waals surface area contributed by atoms with Gasteiger partial charge in [0.1, 0.15) is 12.2 Å². The summed E-state index contributed by atoms with van der Waals surface area (Å²) >= 11 is 0. The topological polar surface area (TPSA) is 94.2 Å². The normalized spacial score (nSPS) is 10.6. The van der Waals surface area contributed by atoms with Gasteiger partial charge in [0.2, 0.25) is 0 Å². The summed E-state index contributed by atoms with van der Waals surface area (Å²) in [6.07, 6.45) is 1.46. The first kappa shape index (κ1) is 11.1. The molecule has 0 fully saturated rings. The van der Waals surface area contributed by atoms with E-state index in [4.69, 9.17) is 5.11 Å². The van der Waals surface area contributed by atoms with E-state index >= 15 is 0 Å². The number of carboxylic acid groups (broad SMARTS) is 1. The molecule has 0 radical (unpaired) electrons. The maximum absolute atomic E-state index is 11.9. The first-order valence-electron chi connectivity index (χ1n) is 4.78. The fourth-order valence-corrected chi connectivity index (χ4v) is 1.61. The highest BCUT2D eigenvalue weighted by molar-refractivity contribution is 5.74. The fraction of sp³-hybridized carbons (Fsp3) is 0.200. The van der Waals surface area contributed by atoms with Crippen LogP contribution in [0, 0.1) is 0 Å². The van der Waals surface area contributed by atoms with Gasteiger partial charge in [0.15, 0.2) is 0 Å². The van der Waals surface area contributed by atoms with Crippen molar-refractivity contribution >= 4 is 17.0 Å². The van der Waals surface area contributed by atoms with E-state index < -0.39 is 23.8 Å². The summed E-state index contributed by atoms with van der Waals surface area (Å²) in [5.74, 6) is -1.24. The second-order valence-corrected chi connectivity index (χ2v) is 3.50. The molecule has 2 rings (SSSR count). The summed E-state index contributed by atoms with van der Waals surface area (Å²) in [7, 11) is 1.44. The molecule has 0 aromatic carbocycles. The molecule has 0 aliphatic carbocycles. The van der Waals surface area contributed by atoms with Gasteiger partial charge in [-0.15, -0.1) is 0 Å². The van der Waals surface area contributed by atoms with Crippen molar-refractivity contribution in [1.82, 2.24) is 14.1 Å². The van der Waals surface area contributed by atoms with Crippen molar-refractivity contribution in [2.75, 3.05) is 0 Å². The minimum Gasteiger partial charge on any atom is -0.480 e. The van der Waals surface area contributed by atoms with Gasteiger partial charge in [0.25, 0.3) is 5.56 Å². The monoisotopic (exact) mass is 235 g/mol. The summed E-state index contributed by atoms with van der Waals surface area (Å²) in [6.45, 7) is -0.656. The Morgan fingerprint density at radius 1 is 1.47 bits per heavy atom. The Balaban J connectivity index is 2.92. The van der Waals surface area contributed by atoms with E-state index in [1.165, 1.54) is 19.3 Å². The van der Waals surface area contributed by atoms with Crippen molar-refractivity contribution in [1.29, 1.82) is 0 Å². The molecule has 0 unspecified atom stereocenters. The van der Waals surface area contributed by atoms with Gasteiger partial charge >= 0.3 is 11.7 Å². The summed E-state index contributed by atoms with van der Waals surface area (Å²) in [6, 6.07) is 3.06. The standard InChI is InChI=1S/C10H9N3O4/c1-12-8-6(3-2-4-11-8)9(16)13(10(12)17)5-7(14)15/h2-4H,5H2,1H3,(H,14,15). The molecule has 88 valence electrons.